The fourth-order valence-electron chi connectivity index (χ4n) is 1.56. The van der Waals surface area contributed by atoms with Crippen LogP contribution in [0.1, 0.15) is 35.3 Å². The molecule has 1 aromatic rings. The monoisotopic (exact) mass is 254 g/mol. The third-order valence-electron chi connectivity index (χ3n) is 2.26. The summed E-state index contributed by atoms with van der Waals surface area (Å²) in [7, 11) is 0. The molecule has 0 saturated heterocycles. The minimum atomic E-state index is -0.377. The molecular weight excluding hydrogens is 240 g/mol. The van der Waals surface area contributed by atoms with Crippen LogP contribution >= 0.6 is 11.6 Å². The van der Waals surface area contributed by atoms with Gasteiger partial charge < -0.3 is 4.74 Å². The molecule has 1 rings (SSSR count). The zero-order valence-electron chi connectivity index (χ0n) is 9.96. The number of ether oxygens (including phenoxy) is 1. The Morgan fingerprint density at radius 2 is 2.06 bits per heavy atom. The number of rotatable bonds is 5. The van der Waals surface area contributed by atoms with Crippen LogP contribution in [-0.4, -0.2) is 18.4 Å². The van der Waals surface area contributed by atoms with Gasteiger partial charge in [-0.1, -0.05) is 12.1 Å². The Morgan fingerprint density at radius 3 is 2.59 bits per heavy atom. The van der Waals surface area contributed by atoms with Crippen molar-refractivity contribution in [3.63, 3.8) is 0 Å². The highest BCUT2D eigenvalue weighted by atomic mass is 35.5. The molecule has 4 heteroatoms. The lowest BCUT2D eigenvalue weighted by molar-refractivity contribution is -0.116. The summed E-state index contributed by atoms with van der Waals surface area (Å²) in [6, 6.07) is 5.19. The molecule has 0 amide bonds. The third kappa shape index (κ3) is 3.86. The van der Waals surface area contributed by atoms with E-state index in [0.29, 0.717) is 24.2 Å². The molecule has 0 saturated carbocycles. The van der Waals surface area contributed by atoms with Gasteiger partial charge in [0.05, 0.1) is 12.2 Å². The molecule has 92 valence electrons. The highest BCUT2D eigenvalue weighted by molar-refractivity contribution is 6.17. The fourth-order valence-corrected chi connectivity index (χ4v) is 1.78. The zero-order chi connectivity index (χ0) is 12.8. The molecule has 0 N–H and O–H groups in total. The Kier molecular flexibility index (Phi) is 5.16. The summed E-state index contributed by atoms with van der Waals surface area (Å²) in [5, 5.41) is 0. The van der Waals surface area contributed by atoms with Crippen LogP contribution in [0.3, 0.4) is 0 Å². The van der Waals surface area contributed by atoms with Gasteiger partial charge in [0.2, 0.25) is 0 Å². The van der Waals surface area contributed by atoms with Crippen LogP contribution in [0, 0.1) is 0 Å². The van der Waals surface area contributed by atoms with Gasteiger partial charge in [-0.3, -0.25) is 4.79 Å². The Bertz CT molecular complexity index is 427. The Hall–Kier alpha value is -1.35. The molecule has 0 heterocycles. The quantitative estimate of drug-likeness (QED) is 0.599. The van der Waals surface area contributed by atoms with Crippen molar-refractivity contribution in [2.24, 2.45) is 0 Å². The van der Waals surface area contributed by atoms with Gasteiger partial charge in [0, 0.05) is 12.3 Å². The SMILES string of the molecule is CCOC(=O)c1ccc(CC(C)=O)cc1CCl. The highest BCUT2D eigenvalue weighted by Crippen LogP contribution is 2.16. The number of halogens is 1. The highest BCUT2D eigenvalue weighted by Gasteiger charge is 2.12. The van der Waals surface area contributed by atoms with Gasteiger partial charge in [-0.25, -0.2) is 4.79 Å². The van der Waals surface area contributed by atoms with Gasteiger partial charge in [-0.2, -0.15) is 0 Å². The van der Waals surface area contributed by atoms with E-state index in [1.165, 1.54) is 6.92 Å². The second-order valence-corrected chi connectivity index (χ2v) is 3.99. The van der Waals surface area contributed by atoms with E-state index in [-0.39, 0.29) is 17.6 Å². The van der Waals surface area contributed by atoms with Crippen molar-refractivity contribution in [1.29, 1.82) is 0 Å². The van der Waals surface area contributed by atoms with Gasteiger partial charge in [-0.05, 0) is 31.0 Å². The number of hydrogen-bond donors (Lipinski definition) is 0. The summed E-state index contributed by atoms with van der Waals surface area (Å²) in [5.41, 5.74) is 2.03. The van der Waals surface area contributed by atoms with Gasteiger partial charge in [-0.15, -0.1) is 11.6 Å². The normalized spacial score (nSPS) is 10.1. The van der Waals surface area contributed by atoms with Crippen LogP contribution in [0.4, 0.5) is 0 Å². The standard InChI is InChI=1S/C13H15ClO3/c1-3-17-13(16)12-5-4-10(6-9(2)15)7-11(12)8-14/h4-5,7H,3,6,8H2,1-2H3. The molecule has 1 aromatic carbocycles. The third-order valence-corrected chi connectivity index (χ3v) is 2.55. The van der Waals surface area contributed by atoms with Gasteiger partial charge >= 0.3 is 5.97 Å². The van der Waals surface area contributed by atoms with Crippen LogP contribution in [0.5, 0.6) is 0 Å². The molecule has 0 bridgehead atoms. The number of carbonyl (C=O) groups excluding carboxylic acids is 2. The summed E-state index contributed by atoms with van der Waals surface area (Å²) >= 11 is 5.79. The van der Waals surface area contributed by atoms with E-state index < -0.39 is 0 Å². The summed E-state index contributed by atoms with van der Waals surface area (Å²) in [6.45, 7) is 3.61. The van der Waals surface area contributed by atoms with E-state index in [0.717, 1.165) is 5.56 Å². The van der Waals surface area contributed by atoms with E-state index in [2.05, 4.69) is 0 Å². The lowest BCUT2D eigenvalue weighted by Gasteiger charge is -2.08. The van der Waals surface area contributed by atoms with Crippen LogP contribution in [0.25, 0.3) is 0 Å². The van der Waals surface area contributed by atoms with Crippen LogP contribution in [0.15, 0.2) is 18.2 Å². The molecule has 17 heavy (non-hydrogen) atoms. The first-order valence-electron chi connectivity index (χ1n) is 5.42. The summed E-state index contributed by atoms with van der Waals surface area (Å²) in [4.78, 5) is 22.6. The molecule has 0 radical (unpaired) electrons. The number of esters is 1. The largest absolute Gasteiger partial charge is 0.462 e. The second-order valence-electron chi connectivity index (χ2n) is 3.72. The molecule has 0 spiro atoms. The number of ketones is 1. The minimum absolute atomic E-state index is 0.0782. The van der Waals surface area contributed by atoms with E-state index in [1.54, 1.807) is 25.1 Å². The minimum Gasteiger partial charge on any atom is -0.462 e. The first-order chi connectivity index (χ1) is 8.08. The second kappa shape index (κ2) is 6.40. The molecule has 0 aliphatic heterocycles. The topological polar surface area (TPSA) is 43.4 Å². The average Bonchev–Trinajstić information content (AvgIpc) is 2.28. The molecular formula is C13H15ClO3. The smallest absolute Gasteiger partial charge is 0.338 e. The average molecular weight is 255 g/mol. The summed E-state index contributed by atoms with van der Waals surface area (Å²) in [5.74, 6) is -0.0770. The van der Waals surface area contributed by atoms with Gasteiger partial charge in [0.25, 0.3) is 0 Å². The van der Waals surface area contributed by atoms with Crippen LogP contribution in [-0.2, 0) is 21.8 Å². The number of benzene rings is 1. The van der Waals surface area contributed by atoms with Crippen molar-refractivity contribution in [2.45, 2.75) is 26.1 Å². The molecule has 0 aliphatic rings. The van der Waals surface area contributed by atoms with Crippen molar-refractivity contribution in [2.75, 3.05) is 6.61 Å². The Balaban J connectivity index is 3.00. The summed E-state index contributed by atoms with van der Waals surface area (Å²) in [6.07, 6.45) is 0.354. The van der Waals surface area contributed by atoms with E-state index in [1.807, 2.05) is 0 Å². The molecule has 0 atom stereocenters. The Labute approximate surface area is 106 Å². The first kappa shape index (κ1) is 13.7. The van der Waals surface area contributed by atoms with Crippen LogP contribution < -0.4 is 0 Å². The van der Waals surface area contributed by atoms with E-state index in [9.17, 15) is 9.59 Å². The maximum atomic E-state index is 11.6. The van der Waals surface area contributed by atoms with Crippen molar-refractivity contribution in [3.05, 3.63) is 34.9 Å². The van der Waals surface area contributed by atoms with Crippen molar-refractivity contribution in [3.8, 4) is 0 Å². The van der Waals surface area contributed by atoms with Crippen molar-refractivity contribution in [1.82, 2.24) is 0 Å². The van der Waals surface area contributed by atoms with Gasteiger partial charge in [0.1, 0.15) is 5.78 Å². The molecule has 0 aliphatic carbocycles. The Morgan fingerprint density at radius 1 is 1.35 bits per heavy atom. The van der Waals surface area contributed by atoms with Crippen LogP contribution in [0.2, 0.25) is 0 Å². The predicted molar refractivity (Wildman–Crippen MR) is 66.3 cm³/mol. The fraction of sp³-hybridized carbons (Fsp3) is 0.385. The molecule has 0 aromatic heterocycles. The van der Waals surface area contributed by atoms with E-state index >= 15 is 0 Å². The molecule has 3 nitrogen and oxygen atoms in total. The first-order valence-corrected chi connectivity index (χ1v) is 5.96. The summed E-state index contributed by atoms with van der Waals surface area (Å²) < 4.78 is 4.93. The number of Topliss-reactive ketones (excluding diaryl/α,β-unsaturated/α-hetero) is 1. The zero-order valence-corrected chi connectivity index (χ0v) is 10.7. The maximum Gasteiger partial charge on any atom is 0.338 e. The number of hydrogen-bond acceptors (Lipinski definition) is 3. The molecule has 0 unspecified atom stereocenters. The number of carbonyl (C=O) groups is 2. The lowest BCUT2D eigenvalue weighted by atomic mass is 10.0. The van der Waals surface area contributed by atoms with Gasteiger partial charge in [0.15, 0.2) is 0 Å². The maximum absolute atomic E-state index is 11.6. The lowest BCUT2D eigenvalue weighted by Crippen LogP contribution is -2.08. The van der Waals surface area contributed by atoms with Crippen molar-refractivity contribution >= 4 is 23.4 Å². The predicted octanol–water partition coefficient (Wildman–Crippen LogP) is 2.73. The van der Waals surface area contributed by atoms with E-state index in [4.69, 9.17) is 16.3 Å². The number of alkyl halides is 1. The molecule has 0 fully saturated rings. The van der Waals surface area contributed by atoms with Crippen molar-refractivity contribution < 1.29 is 14.3 Å².